The first-order valence-corrected chi connectivity index (χ1v) is 5.80. The van der Waals surface area contributed by atoms with Gasteiger partial charge in [0.15, 0.2) is 0 Å². The summed E-state index contributed by atoms with van der Waals surface area (Å²) in [6.07, 6.45) is 0.781. The average molecular weight is 276 g/mol. The summed E-state index contributed by atoms with van der Waals surface area (Å²) in [4.78, 5) is 36.4. The molecule has 7 heteroatoms. The van der Waals surface area contributed by atoms with Crippen molar-refractivity contribution in [2.45, 2.75) is 12.5 Å². The van der Waals surface area contributed by atoms with E-state index in [2.05, 4.69) is 10.3 Å². The number of carbonyl (C=O) groups is 3. The SMILES string of the molecule is O=C(O)C[C@@H](NC(=O)c1c[nH]c2ccccc12)C(=O)O. The van der Waals surface area contributed by atoms with Gasteiger partial charge in [0.2, 0.25) is 0 Å². The van der Waals surface area contributed by atoms with E-state index in [0.717, 1.165) is 5.52 Å². The fraction of sp³-hybridized carbons (Fsp3) is 0.154. The maximum atomic E-state index is 12.0. The number of aromatic amines is 1. The number of H-pyrrole nitrogens is 1. The Morgan fingerprint density at radius 3 is 2.55 bits per heavy atom. The Hall–Kier alpha value is -2.83. The summed E-state index contributed by atoms with van der Waals surface area (Å²) >= 11 is 0. The van der Waals surface area contributed by atoms with Crippen LogP contribution in [0, 0.1) is 0 Å². The lowest BCUT2D eigenvalue weighted by Crippen LogP contribution is -2.42. The van der Waals surface area contributed by atoms with Gasteiger partial charge in [-0.2, -0.15) is 0 Å². The fourth-order valence-corrected chi connectivity index (χ4v) is 1.87. The molecule has 0 bridgehead atoms. The first-order chi connectivity index (χ1) is 9.49. The molecule has 0 fully saturated rings. The Morgan fingerprint density at radius 1 is 1.20 bits per heavy atom. The van der Waals surface area contributed by atoms with Crippen LogP contribution in [0.2, 0.25) is 0 Å². The highest BCUT2D eigenvalue weighted by molar-refractivity contribution is 6.07. The number of carboxylic acids is 2. The van der Waals surface area contributed by atoms with Crippen LogP contribution in [0.15, 0.2) is 30.5 Å². The summed E-state index contributed by atoms with van der Waals surface area (Å²) in [5, 5.41) is 20.4. The summed E-state index contributed by atoms with van der Waals surface area (Å²) in [7, 11) is 0. The molecule has 0 radical (unpaired) electrons. The molecular formula is C13H12N2O5. The Morgan fingerprint density at radius 2 is 1.90 bits per heavy atom. The van der Waals surface area contributed by atoms with Crippen molar-refractivity contribution in [2.75, 3.05) is 0 Å². The lowest BCUT2D eigenvalue weighted by molar-refractivity contribution is -0.145. The van der Waals surface area contributed by atoms with Crippen LogP contribution in [0.3, 0.4) is 0 Å². The number of carbonyl (C=O) groups excluding carboxylic acids is 1. The van der Waals surface area contributed by atoms with E-state index in [4.69, 9.17) is 10.2 Å². The first-order valence-electron chi connectivity index (χ1n) is 5.80. The standard InChI is InChI=1S/C13H12N2O5/c16-11(17)5-10(13(19)20)15-12(18)8-6-14-9-4-2-1-3-7(8)9/h1-4,6,10,14H,5H2,(H,15,18)(H,16,17)(H,19,20)/t10-/m1/s1. The molecule has 1 heterocycles. The molecule has 0 saturated heterocycles. The predicted molar refractivity (Wildman–Crippen MR) is 69.4 cm³/mol. The van der Waals surface area contributed by atoms with Gasteiger partial charge in [-0.3, -0.25) is 9.59 Å². The van der Waals surface area contributed by atoms with Gasteiger partial charge >= 0.3 is 11.9 Å². The summed E-state index contributed by atoms with van der Waals surface area (Å²) in [6, 6.07) is 5.57. The molecule has 104 valence electrons. The van der Waals surface area contributed by atoms with E-state index in [-0.39, 0.29) is 5.56 Å². The largest absolute Gasteiger partial charge is 0.481 e. The van der Waals surface area contributed by atoms with Gasteiger partial charge in [0.25, 0.3) is 5.91 Å². The van der Waals surface area contributed by atoms with Gasteiger partial charge in [0, 0.05) is 17.1 Å². The number of nitrogens with one attached hydrogen (secondary N) is 2. The highest BCUT2D eigenvalue weighted by atomic mass is 16.4. The fourth-order valence-electron chi connectivity index (χ4n) is 1.87. The Kier molecular flexibility index (Phi) is 3.69. The van der Waals surface area contributed by atoms with Gasteiger partial charge in [0.1, 0.15) is 6.04 Å². The quantitative estimate of drug-likeness (QED) is 0.644. The zero-order valence-corrected chi connectivity index (χ0v) is 10.3. The van der Waals surface area contributed by atoms with E-state index in [1.54, 1.807) is 24.3 Å². The lowest BCUT2D eigenvalue weighted by Gasteiger charge is -2.11. The van der Waals surface area contributed by atoms with E-state index >= 15 is 0 Å². The summed E-state index contributed by atoms with van der Waals surface area (Å²) in [5.41, 5.74) is 1.01. The van der Waals surface area contributed by atoms with E-state index in [1.807, 2.05) is 0 Å². The number of fused-ring (bicyclic) bond motifs is 1. The summed E-state index contributed by atoms with van der Waals surface area (Å²) < 4.78 is 0. The van der Waals surface area contributed by atoms with Crippen LogP contribution in [0.5, 0.6) is 0 Å². The van der Waals surface area contributed by atoms with E-state index in [1.165, 1.54) is 6.20 Å². The van der Waals surface area contributed by atoms with Crippen LogP contribution in [-0.4, -0.2) is 39.1 Å². The van der Waals surface area contributed by atoms with Crippen molar-refractivity contribution in [3.8, 4) is 0 Å². The predicted octanol–water partition coefficient (Wildman–Crippen LogP) is 0.826. The molecule has 2 rings (SSSR count). The molecular weight excluding hydrogens is 264 g/mol. The van der Waals surface area contributed by atoms with Crippen LogP contribution >= 0.6 is 0 Å². The molecule has 0 aliphatic rings. The topological polar surface area (TPSA) is 119 Å². The number of hydrogen-bond donors (Lipinski definition) is 4. The monoisotopic (exact) mass is 276 g/mol. The second kappa shape index (κ2) is 5.43. The molecule has 4 N–H and O–H groups in total. The number of aromatic nitrogens is 1. The average Bonchev–Trinajstić information content (AvgIpc) is 2.81. The van der Waals surface area contributed by atoms with Crippen LogP contribution < -0.4 is 5.32 Å². The van der Waals surface area contributed by atoms with Gasteiger partial charge in [-0.1, -0.05) is 18.2 Å². The molecule has 0 aliphatic heterocycles. The van der Waals surface area contributed by atoms with Crippen LogP contribution in [0.1, 0.15) is 16.8 Å². The van der Waals surface area contributed by atoms with Gasteiger partial charge < -0.3 is 20.5 Å². The first kappa shape index (κ1) is 13.6. The zero-order valence-electron chi connectivity index (χ0n) is 10.3. The Balaban J connectivity index is 2.22. The van der Waals surface area contributed by atoms with E-state index in [0.29, 0.717) is 5.39 Å². The molecule has 1 amide bonds. The number of hydrogen-bond acceptors (Lipinski definition) is 3. The van der Waals surface area contributed by atoms with Gasteiger partial charge in [0.05, 0.1) is 12.0 Å². The molecule has 1 aromatic carbocycles. The van der Waals surface area contributed by atoms with Crippen molar-refractivity contribution in [3.05, 3.63) is 36.0 Å². The molecule has 0 spiro atoms. The van der Waals surface area contributed by atoms with Gasteiger partial charge in [-0.25, -0.2) is 4.79 Å². The smallest absolute Gasteiger partial charge is 0.326 e. The van der Waals surface area contributed by atoms with Crippen molar-refractivity contribution in [3.63, 3.8) is 0 Å². The van der Waals surface area contributed by atoms with E-state index in [9.17, 15) is 14.4 Å². The number of amides is 1. The molecule has 2 aromatic rings. The highest BCUT2D eigenvalue weighted by Crippen LogP contribution is 2.17. The third-order valence-corrected chi connectivity index (χ3v) is 2.82. The van der Waals surface area contributed by atoms with Crippen molar-refractivity contribution in [2.24, 2.45) is 0 Å². The summed E-state index contributed by atoms with van der Waals surface area (Å²) in [6.45, 7) is 0. The van der Waals surface area contributed by atoms with E-state index < -0.39 is 30.3 Å². The molecule has 1 aromatic heterocycles. The minimum atomic E-state index is -1.46. The number of rotatable bonds is 5. The lowest BCUT2D eigenvalue weighted by atomic mass is 10.1. The number of carboxylic acid groups (broad SMARTS) is 2. The summed E-state index contributed by atoms with van der Waals surface area (Å²) in [5.74, 6) is -3.31. The van der Waals surface area contributed by atoms with Crippen LogP contribution in [0.4, 0.5) is 0 Å². The second-order valence-corrected chi connectivity index (χ2v) is 4.21. The number of aliphatic carboxylic acids is 2. The zero-order chi connectivity index (χ0) is 14.7. The third kappa shape index (κ3) is 2.77. The molecule has 0 saturated carbocycles. The number of para-hydroxylation sites is 1. The van der Waals surface area contributed by atoms with Crippen LogP contribution in [-0.2, 0) is 9.59 Å². The molecule has 0 aliphatic carbocycles. The third-order valence-electron chi connectivity index (χ3n) is 2.82. The van der Waals surface area contributed by atoms with Crippen molar-refractivity contribution >= 4 is 28.7 Å². The second-order valence-electron chi connectivity index (χ2n) is 4.21. The Bertz CT molecular complexity index is 676. The number of benzene rings is 1. The van der Waals surface area contributed by atoms with Crippen LogP contribution in [0.25, 0.3) is 10.9 Å². The maximum absolute atomic E-state index is 12.0. The van der Waals surface area contributed by atoms with Gasteiger partial charge in [-0.05, 0) is 6.07 Å². The normalized spacial score (nSPS) is 12.0. The minimum Gasteiger partial charge on any atom is -0.481 e. The molecule has 7 nitrogen and oxygen atoms in total. The Labute approximate surface area is 113 Å². The molecule has 0 unspecified atom stereocenters. The maximum Gasteiger partial charge on any atom is 0.326 e. The molecule has 20 heavy (non-hydrogen) atoms. The minimum absolute atomic E-state index is 0.275. The highest BCUT2D eigenvalue weighted by Gasteiger charge is 2.24. The van der Waals surface area contributed by atoms with Crippen molar-refractivity contribution in [1.29, 1.82) is 0 Å². The van der Waals surface area contributed by atoms with Crippen molar-refractivity contribution < 1.29 is 24.6 Å². The molecule has 1 atom stereocenters. The van der Waals surface area contributed by atoms with Gasteiger partial charge in [-0.15, -0.1) is 0 Å². The van der Waals surface area contributed by atoms with Crippen molar-refractivity contribution in [1.82, 2.24) is 10.3 Å².